The van der Waals surface area contributed by atoms with Gasteiger partial charge in [-0.25, -0.2) is 9.97 Å². The molecule has 4 aromatic heterocycles. The summed E-state index contributed by atoms with van der Waals surface area (Å²) in [5.41, 5.74) is 3.19. The maximum Gasteiger partial charge on any atom is 0.274 e. The SMILES string of the molecule is Cc1coc(C=Cc2csc(NC(=O)c3cccn3Cc3ccncc3)n2)n1. The normalized spacial score (nSPS) is 11.2. The van der Waals surface area contributed by atoms with Gasteiger partial charge in [-0.1, -0.05) is 0 Å². The molecule has 140 valence electrons. The van der Waals surface area contributed by atoms with Crippen molar-refractivity contribution in [2.24, 2.45) is 0 Å². The van der Waals surface area contributed by atoms with E-state index < -0.39 is 0 Å². The summed E-state index contributed by atoms with van der Waals surface area (Å²) in [5.74, 6) is 0.317. The Bertz CT molecular complexity index is 1110. The van der Waals surface area contributed by atoms with Crippen LogP contribution in [-0.2, 0) is 6.54 Å². The van der Waals surface area contributed by atoms with E-state index in [9.17, 15) is 4.79 Å². The molecular formula is C20H17N5O2S. The van der Waals surface area contributed by atoms with Gasteiger partial charge in [0.15, 0.2) is 5.13 Å². The molecule has 0 aliphatic carbocycles. The second-order valence-electron chi connectivity index (χ2n) is 6.07. The van der Waals surface area contributed by atoms with E-state index in [2.05, 4.69) is 20.3 Å². The zero-order chi connectivity index (χ0) is 19.3. The molecule has 4 rings (SSSR count). The molecule has 1 N–H and O–H groups in total. The van der Waals surface area contributed by atoms with E-state index in [1.165, 1.54) is 11.3 Å². The van der Waals surface area contributed by atoms with Crippen molar-refractivity contribution in [2.45, 2.75) is 13.5 Å². The number of rotatable bonds is 6. The maximum absolute atomic E-state index is 12.7. The number of thiazole rings is 1. The third-order valence-corrected chi connectivity index (χ3v) is 4.72. The molecule has 0 atom stereocenters. The molecule has 0 radical (unpaired) electrons. The fraction of sp³-hybridized carbons (Fsp3) is 0.100. The number of aromatic nitrogens is 4. The first-order valence-corrected chi connectivity index (χ1v) is 9.46. The Hall–Kier alpha value is -3.52. The monoisotopic (exact) mass is 391 g/mol. The molecule has 28 heavy (non-hydrogen) atoms. The summed E-state index contributed by atoms with van der Waals surface area (Å²) in [6.07, 6.45) is 10.5. The number of carbonyl (C=O) groups is 1. The van der Waals surface area contributed by atoms with Crippen molar-refractivity contribution in [3.8, 4) is 0 Å². The summed E-state index contributed by atoms with van der Waals surface area (Å²) in [6.45, 7) is 2.46. The summed E-state index contributed by atoms with van der Waals surface area (Å²) < 4.78 is 7.16. The lowest BCUT2D eigenvalue weighted by Gasteiger charge is -2.08. The van der Waals surface area contributed by atoms with Gasteiger partial charge in [0.1, 0.15) is 12.0 Å². The zero-order valence-corrected chi connectivity index (χ0v) is 15.9. The third-order valence-electron chi connectivity index (χ3n) is 3.94. The van der Waals surface area contributed by atoms with Crippen LogP contribution in [0.15, 0.2) is 58.9 Å². The predicted octanol–water partition coefficient (Wildman–Crippen LogP) is 4.11. The first-order valence-electron chi connectivity index (χ1n) is 8.58. The maximum atomic E-state index is 12.7. The van der Waals surface area contributed by atoms with Crippen LogP contribution in [0.1, 0.15) is 33.3 Å². The van der Waals surface area contributed by atoms with Gasteiger partial charge in [0.2, 0.25) is 5.89 Å². The number of nitrogens with one attached hydrogen (secondary N) is 1. The average Bonchev–Trinajstić information content (AvgIpc) is 3.42. The highest BCUT2D eigenvalue weighted by atomic mass is 32.1. The van der Waals surface area contributed by atoms with Crippen LogP contribution in [0, 0.1) is 6.92 Å². The number of carbonyl (C=O) groups excluding carboxylic acids is 1. The Morgan fingerprint density at radius 1 is 1.25 bits per heavy atom. The first-order chi connectivity index (χ1) is 13.7. The third kappa shape index (κ3) is 4.24. The standard InChI is InChI=1S/C20H17N5O2S/c1-14-12-27-18(22-14)5-4-16-13-28-20(23-16)24-19(26)17-3-2-10-25(17)11-15-6-8-21-9-7-15/h2-10,12-13H,11H2,1H3,(H,23,24,26). The molecule has 0 saturated carbocycles. The quantitative estimate of drug-likeness (QED) is 0.535. The summed E-state index contributed by atoms with van der Waals surface area (Å²) >= 11 is 1.36. The van der Waals surface area contributed by atoms with Crippen molar-refractivity contribution >= 4 is 34.5 Å². The molecule has 4 heterocycles. The molecule has 1 amide bonds. The van der Waals surface area contributed by atoms with Crippen LogP contribution in [0.5, 0.6) is 0 Å². The van der Waals surface area contributed by atoms with Gasteiger partial charge in [0.25, 0.3) is 5.91 Å². The van der Waals surface area contributed by atoms with Gasteiger partial charge < -0.3 is 8.98 Å². The number of hydrogen-bond donors (Lipinski definition) is 1. The molecule has 8 heteroatoms. The summed E-state index contributed by atoms with van der Waals surface area (Å²) in [6, 6.07) is 7.49. The minimum absolute atomic E-state index is 0.202. The van der Waals surface area contributed by atoms with Gasteiger partial charge >= 0.3 is 0 Å². The van der Waals surface area contributed by atoms with E-state index in [0.29, 0.717) is 23.3 Å². The Morgan fingerprint density at radius 2 is 2.11 bits per heavy atom. The Kier molecular flexibility index (Phi) is 5.11. The highest BCUT2D eigenvalue weighted by Gasteiger charge is 2.13. The molecule has 7 nitrogen and oxygen atoms in total. The fourth-order valence-corrected chi connectivity index (χ4v) is 3.30. The lowest BCUT2D eigenvalue weighted by Crippen LogP contribution is -2.17. The lowest BCUT2D eigenvalue weighted by molar-refractivity contribution is 0.101. The minimum atomic E-state index is -0.202. The van der Waals surface area contributed by atoms with Gasteiger partial charge in [0.05, 0.1) is 11.4 Å². The molecule has 0 fully saturated rings. The molecular weight excluding hydrogens is 374 g/mol. The summed E-state index contributed by atoms with van der Waals surface area (Å²) in [4.78, 5) is 25.3. The van der Waals surface area contributed by atoms with Gasteiger partial charge in [-0.2, -0.15) is 0 Å². The smallest absolute Gasteiger partial charge is 0.274 e. The highest BCUT2D eigenvalue weighted by Crippen LogP contribution is 2.19. The number of amides is 1. The first kappa shape index (κ1) is 17.9. The number of anilines is 1. The number of hydrogen-bond acceptors (Lipinski definition) is 6. The fourth-order valence-electron chi connectivity index (χ4n) is 2.63. The van der Waals surface area contributed by atoms with Crippen molar-refractivity contribution in [3.05, 3.63) is 83.0 Å². The van der Waals surface area contributed by atoms with Gasteiger partial charge in [-0.15, -0.1) is 11.3 Å². The van der Waals surface area contributed by atoms with E-state index in [0.717, 1.165) is 17.0 Å². The average molecular weight is 391 g/mol. The van der Waals surface area contributed by atoms with Gasteiger partial charge in [-0.3, -0.25) is 15.1 Å². The second-order valence-corrected chi connectivity index (χ2v) is 6.93. The molecule has 0 aromatic carbocycles. The van der Waals surface area contributed by atoms with Crippen molar-refractivity contribution in [2.75, 3.05) is 5.32 Å². The lowest BCUT2D eigenvalue weighted by atomic mass is 10.2. The zero-order valence-electron chi connectivity index (χ0n) is 15.1. The van der Waals surface area contributed by atoms with Crippen LogP contribution in [0.25, 0.3) is 12.2 Å². The number of aryl methyl sites for hydroxylation is 1. The van der Waals surface area contributed by atoms with Crippen molar-refractivity contribution < 1.29 is 9.21 Å². The summed E-state index contributed by atoms with van der Waals surface area (Å²) in [7, 11) is 0. The Morgan fingerprint density at radius 3 is 2.89 bits per heavy atom. The molecule has 0 aliphatic heterocycles. The number of pyridine rings is 1. The Balaban J connectivity index is 1.43. The summed E-state index contributed by atoms with van der Waals surface area (Å²) in [5, 5.41) is 5.25. The second kappa shape index (κ2) is 8.01. The molecule has 4 aromatic rings. The molecule has 0 unspecified atom stereocenters. The van der Waals surface area contributed by atoms with Crippen LogP contribution < -0.4 is 5.32 Å². The van der Waals surface area contributed by atoms with Crippen LogP contribution in [-0.4, -0.2) is 25.4 Å². The van der Waals surface area contributed by atoms with E-state index in [-0.39, 0.29) is 5.91 Å². The Labute approximate surface area is 165 Å². The van der Waals surface area contributed by atoms with E-state index in [1.54, 1.807) is 36.9 Å². The van der Waals surface area contributed by atoms with E-state index in [1.807, 2.05) is 41.3 Å². The number of nitrogens with zero attached hydrogens (tertiary/aromatic N) is 4. The van der Waals surface area contributed by atoms with Crippen LogP contribution >= 0.6 is 11.3 Å². The van der Waals surface area contributed by atoms with Crippen LogP contribution in [0.3, 0.4) is 0 Å². The van der Waals surface area contributed by atoms with Crippen LogP contribution in [0.2, 0.25) is 0 Å². The molecule has 0 saturated heterocycles. The predicted molar refractivity (Wildman–Crippen MR) is 108 cm³/mol. The van der Waals surface area contributed by atoms with Crippen molar-refractivity contribution in [3.63, 3.8) is 0 Å². The molecule has 0 aliphatic rings. The molecule has 0 bridgehead atoms. The van der Waals surface area contributed by atoms with E-state index in [4.69, 9.17) is 4.42 Å². The van der Waals surface area contributed by atoms with Crippen molar-refractivity contribution in [1.82, 2.24) is 19.5 Å². The molecule has 0 spiro atoms. The largest absolute Gasteiger partial charge is 0.445 e. The number of oxazole rings is 1. The highest BCUT2D eigenvalue weighted by molar-refractivity contribution is 7.14. The van der Waals surface area contributed by atoms with Crippen molar-refractivity contribution in [1.29, 1.82) is 0 Å². The van der Waals surface area contributed by atoms with Crippen LogP contribution in [0.4, 0.5) is 5.13 Å². The van der Waals surface area contributed by atoms with E-state index >= 15 is 0 Å². The van der Waals surface area contributed by atoms with Gasteiger partial charge in [0, 0.05) is 36.6 Å². The topological polar surface area (TPSA) is 85.8 Å². The van der Waals surface area contributed by atoms with Gasteiger partial charge in [-0.05, 0) is 42.8 Å². The minimum Gasteiger partial charge on any atom is -0.445 e.